The minimum atomic E-state index is -0.871. The van der Waals surface area contributed by atoms with Gasteiger partial charge < -0.3 is 9.53 Å². The van der Waals surface area contributed by atoms with Gasteiger partial charge in [0.1, 0.15) is 12.1 Å². The minimum absolute atomic E-state index is 0.0343. The fraction of sp³-hybridized carbons (Fsp3) is 0.571. The Bertz CT molecular complexity index is 834. The van der Waals surface area contributed by atoms with Gasteiger partial charge in [-0.3, -0.25) is 9.59 Å². The van der Waals surface area contributed by atoms with E-state index in [0.29, 0.717) is 28.5 Å². The van der Waals surface area contributed by atoms with E-state index in [1.54, 1.807) is 6.92 Å². The third-order valence-corrected chi connectivity index (χ3v) is 7.38. The highest BCUT2D eigenvalue weighted by molar-refractivity contribution is 6.37. The lowest BCUT2D eigenvalue weighted by atomic mass is 9.49. The second-order valence-corrected chi connectivity index (χ2v) is 9.13. The number of carbonyl (C=O) groups excluding carboxylic acids is 3. The van der Waals surface area contributed by atoms with Crippen molar-refractivity contribution in [1.29, 1.82) is 0 Å². The Labute approximate surface area is 169 Å². The quantitative estimate of drug-likeness (QED) is 0.536. The summed E-state index contributed by atoms with van der Waals surface area (Å²) in [5.41, 5.74) is 1.06. The van der Waals surface area contributed by atoms with E-state index in [0.717, 1.165) is 23.8 Å². The lowest BCUT2D eigenvalue weighted by Gasteiger charge is -2.53. The predicted octanol–water partition coefficient (Wildman–Crippen LogP) is 4.66. The lowest BCUT2D eigenvalue weighted by Crippen LogP contribution is -2.55. The molecule has 0 bridgehead atoms. The van der Waals surface area contributed by atoms with Gasteiger partial charge in [-0.25, -0.2) is 0 Å². The van der Waals surface area contributed by atoms with Crippen molar-refractivity contribution in [3.05, 3.63) is 32.8 Å². The smallest absolute Gasteiger partial charge is 0.312 e. The van der Waals surface area contributed by atoms with Crippen LogP contribution in [-0.4, -0.2) is 25.1 Å². The van der Waals surface area contributed by atoms with Crippen LogP contribution in [-0.2, 0) is 31.0 Å². The number of halogens is 2. The van der Waals surface area contributed by atoms with Crippen LogP contribution in [0.15, 0.2) is 6.07 Å². The lowest BCUT2D eigenvalue weighted by molar-refractivity contribution is -0.164. The molecule has 1 aromatic carbocycles. The number of rotatable bonds is 3. The normalized spacial score (nSPS) is 30.9. The molecule has 0 spiro atoms. The molecule has 0 aromatic heterocycles. The zero-order chi connectivity index (χ0) is 20.1. The average Bonchev–Trinajstić information content (AvgIpc) is 2.60. The number of Topliss-reactive ketones (excluding diaryl/α,β-unsaturated/α-hetero) is 1. The van der Waals surface area contributed by atoms with E-state index >= 15 is 0 Å². The van der Waals surface area contributed by atoms with Gasteiger partial charge in [0.05, 0.1) is 12.5 Å². The van der Waals surface area contributed by atoms with Crippen molar-refractivity contribution in [3.63, 3.8) is 0 Å². The minimum Gasteiger partial charge on any atom is -0.469 e. The summed E-state index contributed by atoms with van der Waals surface area (Å²) in [7, 11) is 1.36. The molecule has 2 aliphatic rings. The van der Waals surface area contributed by atoms with Crippen LogP contribution in [0.3, 0.4) is 0 Å². The van der Waals surface area contributed by atoms with Gasteiger partial charge in [0.15, 0.2) is 0 Å². The van der Waals surface area contributed by atoms with Crippen LogP contribution in [0.1, 0.15) is 62.6 Å². The Morgan fingerprint density at radius 2 is 2.00 bits per heavy atom. The summed E-state index contributed by atoms with van der Waals surface area (Å²) in [6.45, 7) is 5.61. The monoisotopic (exact) mass is 410 g/mol. The van der Waals surface area contributed by atoms with E-state index in [4.69, 9.17) is 27.9 Å². The van der Waals surface area contributed by atoms with Crippen molar-refractivity contribution in [3.8, 4) is 0 Å². The van der Waals surface area contributed by atoms with Gasteiger partial charge in [-0.05, 0) is 48.4 Å². The molecule has 0 heterocycles. The second kappa shape index (κ2) is 6.89. The molecule has 0 amide bonds. The molecule has 1 saturated carbocycles. The number of ether oxygens (including phenoxy) is 1. The summed E-state index contributed by atoms with van der Waals surface area (Å²) in [5.74, 6) is -0.774. The number of ketones is 1. The van der Waals surface area contributed by atoms with Crippen LogP contribution in [0.4, 0.5) is 0 Å². The molecule has 0 N–H and O–H groups in total. The highest BCUT2D eigenvalue weighted by atomic mass is 35.5. The Kier molecular flexibility index (Phi) is 5.19. The number of hydrogen-bond acceptors (Lipinski definition) is 4. The topological polar surface area (TPSA) is 60.4 Å². The average molecular weight is 411 g/mol. The molecule has 4 nitrogen and oxygen atoms in total. The fourth-order valence-corrected chi connectivity index (χ4v) is 6.30. The largest absolute Gasteiger partial charge is 0.469 e. The number of benzene rings is 1. The number of hydrogen-bond donors (Lipinski definition) is 0. The van der Waals surface area contributed by atoms with Crippen LogP contribution in [0.25, 0.3) is 0 Å². The first kappa shape index (κ1) is 20.3. The van der Waals surface area contributed by atoms with Crippen LogP contribution in [0, 0.1) is 11.3 Å². The van der Waals surface area contributed by atoms with Gasteiger partial charge in [-0.2, -0.15) is 0 Å². The first-order valence-electron chi connectivity index (χ1n) is 9.16. The zero-order valence-corrected chi connectivity index (χ0v) is 17.5. The summed E-state index contributed by atoms with van der Waals surface area (Å²) in [5, 5.41) is 0.938. The van der Waals surface area contributed by atoms with Crippen molar-refractivity contribution in [2.75, 3.05) is 7.11 Å². The summed E-state index contributed by atoms with van der Waals surface area (Å²) >= 11 is 13.2. The van der Waals surface area contributed by atoms with Crippen molar-refractivity contribution in [2.45, 2.75) is 57.8 Å². The van der Waals surface area contributed by atoms with Gasteiger partial charge >= 0.3 is 5.97 Å². The van der Waals surface area contributed by atoms with Crippen molar-refractivity contribution >= 4 is 41.2 Å². The molecule has 1 unspecified atom stereocenters. The molecule has 4 atom stereocenters. The fourth-order valence-electron chi connectivity index (χ4n) is 5.40. The molecule has 3 rings (SSSR count). The molecule has 2 aliphatic carbocycles. The van der Waals surface area contributed by atoms with Crippen molar-refractivity contribution in [2.24, 2.45) is 11.3 Å². The van der Waals surface area contributed by atoms with Crippen LogP contribution >= 0.6 is 23.2 Å². The predicted molar refractivity (Wildman–Crippen MR) is 104 cm³/mol. The summed E-state index contributed by atoms with van der Waals surface area (Å²) in [4.78, 5) is 36.5. The van der Waals surface area contributed by atoms with E-state index in [1.807, 2.05) is 19.9 Å². The highest BCUT2D eigenvalue weighted by Crippen LogP contribution is 2.58. The van der Waals surface area contributed by atoms with Crippen LogP contribution in [0.5, 0.6) is 0 Å². The van der Waals surface area contributed by atoms with E-state index in [9.17, 15) is 14.4 Å². The molecule has 0 aliphatic heterocycles. The number of esters is 1. The third kappa shape index (κ3) is 2.92. The Morgan fingerprint density at radius 3 is 2.59 bits per heavy atom. The Morgan fingerprint density at radius 1 is 1.33 bits per heavy atom. The molecule has 1 fully saturated rings. The van der Waals surface area contributed by atoms with Gasteiger partial charge in [-0.1, -0.05) is 37.0 Å². The first-order chi connectivity index (χ1) is 12.6. The second-order valence-electron chi connectivity index (χ2n) is 8.35. The molecule has 0 radical (unpaired) electrons. The summed E-state index contributed by atoms with van der Waals surface area (Å²) in [6.07, 6.45) is 2.75. The van der Waals surface area contributed by atoms with Gasteiger partial charge in [-0.15, -0.1) is 0 Å². The maximum atomic E-state index is 12.6. The van der Waals surface area contributed by atoms with Gasteiger partial charge in [0, 0.05) is 34.2 Å². The SMILES string of the molecule is COC(=O)[C@]1(C)CC(=O)C[C@]2(C)c3cc(Cl)c(C(C)C=O)c(Cl)c3CC[C@@H]12. The Balaban J connectivity index is 2.21. The molecule has 146 valence electrons. The molecule has 1 aromatic rings. The van der Waals surface area contributed by atoms with E-state index < -0.39 is 16.7 Å². The number of fused-ring (bicyclic) bond motifs is 3. The van der Waals surface area contributed by atoms with E-state index in [1.165, 1.54) is 7.11 Å². The molecular weight excluding hydrogens is 387 g/mol. The van der Waals surface area contributed by atoms with Crippen LogP contribution in [0.2, 0.25) is 10.0 Å². The number of carbonyl (C=O) groups is 3. The third-order valence-electron chi connectivity index (χ3n) is 6.63. The number of aldehydes is 1. The standard InChI is InChI=1S/C21H24Cl2O4/c1-11(10-24)17-15(22)7-14-13(18(17)23)5-6-16-20(14,2)8-12(25)9-21(16,3)19(26)27-4/h7,10-11,16H,5-6,8-9H2,1-4H3/t11?,16-,20-,21-/m1/s1. The molecule has 6 heteroatoms. The van der Waals surface area contributed by atoms with Gasteiger partial charge in [0.25, 0.3) is 0 Å². The van der Waals surface area contributed by atoms with E-state index in [-0.39, 0.29) is 24.1 Å². The number of methoxy groups -OCH3 is 1. The van der Waals surface area contributed by atoms with Crippen molar-refractivity contribution < 1.29 is 19.1 Å². The van der Waals surface area contributed by atoms with Crippen LogP contribution < -0.4 is 0 Å². The maximum Gasteiger partial charge on any atom is 0.312 e. The highest BCUT2D eigenvalue weighted by Gasteiger charge is 2.58. The van der Waals surface area contributed by atoms with Gasteiger partial charge in [0.2, 0.25) is 0 Å². The molecule has 27 heavy (non-hydrogen) atoms. The maximum absolute atomic E-state index is 12.6. The first-order valence-corrected chi connectivity index (χ1v) is 9.92. The molecule has 0 saturated heterocycles. The summed E-state index contributed by atoms with van der Waals surface area (Å²) < 4.78 is 5.05. The summed E-state index contributed by atoms with van der Waals surface area (Å²) in [6, 6.07) is 1.85. The zero-order valence-electron chi connectivity index (χ0n) is 16.0. The van der Waals surface area contributed by atoms with Crippen molar-refractivity contribution in [1.82, 2.24) is 0 Å². The molecular formula is C21H24Cl2O4. The Hall–Kier alpha value is -1.39. The van der Waals surface area contributed by atoms with E-state index in [2.05, 4.69) is 0 Å².